The second-order valence-electron chi connectivity index (χ2n) is 6.50. The van der Waals surface area contributed by atoms with Gasteiger partial charge >= 0.3 is 0 Å². The minimum atomic E-state index is -0.809. The van der Waals surface area contributed by atoms with Crippen LogP contribution in [-0.2, 0) is 4.79 Å². The fourth-order valence-electron chi connectivity index (χ4n) is 2.85. The molecule has 2 aromatic heterocycles. The number of rotatable bonds is 5. The highest BCUT2D eigenvalue weighted by molar-refractivity contribution is 7.99. The van der Waals surface area contributed by atoms with E-state index in [0.29, 0.717) is 15.9 Å². The third-order valence-electron chi connectivity index (χ3n) is 4.22. The van der Waals surface area contributed by atoms with Gasteiger partial charge in [0.05, 0.1) is 17.0 Å². The van der Waals surface area contributed by atoms with Crippen LogP contribution < -0.4 is 10.9 Å². The summed E-state index contributed by atoms with van der Waals surface area (Å²) < 4.78 is 29.0. The van der Waals surface area contributed by atoms with E-state index < -0.39 is 17.2 Å². The number of hydrogen-bond donors (Lipinski definition) is 1. The van der Waals surface area contributed by atoms with Gasteiger partial charge in [-0.05, 0) is 42.6 Å². The summed E-state index contributed by atoms with van der Waals surface area (Å²) in [5, 5.41) is 4.66. The van der Waals surface area contributed by atoms with Gasteiger partial charge in [0.15, 0.2) is 5.16 Å². The van der Waals surface area contributed by atoms with E-state index in [1.54, 1.807) is 23.6 Å². The van der Waals surface area contributed by atoms with Gasteiger partial charge in [-0.15, -0.1) is 11.3 Å². The Balaban J connectivity index is 1.66. The Morgan fingerprint density at radius 3 is 2.53 bits per heavy atom. The van der Waals surface area contributed by atoms with Gasteiger partial charge in [-0.2, -0.15) is 0 Å². The first kappa shape index (κ1) is 20.2. The van der Waals surface area contributed by atoms with Crippen molar-refractivity contribution in [3.8, 4) is 5.69 Å². The van der Waals surface area contributed by atoms with Crippen LogP contribution in [0.2, 0.25) is 0 Å². The third-order valence-corrected chi connectivity index (χ3v) is 6.05. The molecule has 0 atom stereocenters. The van der Waals surface area contributed by atoms with Crippen LogP contribution in [0.4, 0.5) is 14.5 Å². The Bertz CT molecular complexity index is 1280. The van der Waals surface area contributed by atoms with Crippen molar-refractivity contribution >= 4 is 44.9 Å². The van der Waals surface area contributed by atoms with Crippen LogP contribution in [0.15, 0.2) is 63.9 Å². The Kier molecular flexibility index (Phi) is 5.65. The number of carbonyl (C=O) groups excluding carboxylic acids is 1. The molecule has 2 heterocycles. The number of aryl methyl sites for hydroxylation is 1. The third kappa shape index (κ3) is 4.27. The minimum Gasteiger partial charge on any atom is -0.325 e. The van der Waals surface area contributed by atoms with Crippen LogP contribution in [0.25, 0.3) is 15.9 Å². The SMILES string of the molecule is Cc1ccc(NC(=O)CSc2nc3ccsc3c(=O)n2-c2cc(F)cc(F)c2)cc1. The molecule has 0 aliphatic rings. The second kappa shape index (κ2) is 8.37. The smallest absolute Gasteiger partial charge is 0.276 e. The molecule has 4 aromatic rings. The van der Waals surface area contributed by atoms with Crippen molar-refractivity contribution in [3.63, 3.8) is 0 Å². The summed E-state index contributed by atoms with van der Waals surface area (Å²) >= 11 is 2.21. The predicted octanol–water partition coefficient (Wildman–Crippen LogP) is 4.76. The van der Waals surface area contributed by atoms with Gasteiger partial charge in [-0.3, -0.25) is 14.2 Å². The van der Waals surface area contributed by atoms with Gasteiger partial charge in [-0.1, -0.05) is 29.5 Å². The second-order valence-corrected chi connectivity index (χ2v) is 8.36. The van der Waals surface area contributed by atoms with Crippen molar-refractivity contribution in [1.29, 1.82) is 0 Å². The summed E-state index contributed by atoms with van der Waals surface area (Å²) in [6.45, 7) is 1.95. The van der Waals surface area contributed by atoms with Crippen LogP contribution in [0.3, 0.4) is 0 Å². The Morgan fingerprint density at radius 1 is 1.13 bits per heavy atom. The van der Waals surface area contributed by atoms with Crippen LogP contribution >= 0.6 is 23.1 Å². The van der Waals surface area contributed by atoms with E-state index in [1.165, 1.54) is 11.3 Å². The molecule has 4 rings (SSSR count). The number of anilines is 1. The van der Waals surface area contributed by atoms with Crippen molar-refractivity contribution in [2.75, 3.05) is 11.1 Å². The first-order valence-corrected chi connectivity index (χ1v) is 10.7. The van der Waals surface area contributed by atoms with E-state index in [-0.39, 0.29) is 22.5 Å². The highest BCUT2D eigenvalue weighted by Gasteiger charge is 2.17. The Morgan fingerprint density at radius 2 is 1.83 bits per heavy atom. The summed E-state index contributed by atoms with van der Waals surface area (Å²) in [6, 6.07) is 11.9. The molecule has 0 saturated carbocycles. The fraction of sp³-hybridized carbons (Fsp3) is 0.0952. The summed E-state index contributed by atoms with van der Waals surface area (Å²) in [6.07, 6.45) is 0. The first-order chi connectivity index (χ1) is 14.4. The maximum atomic E-state index is 13.8. The van der Waals surface area contributed by atoms with Crippen LogP contribution in [0.1, 0.15) is 5.56 Å². The molecule has 9 heteroatoms. The van der Waals surface area contributed by atoms with Crippen molar-refractivity contribution < 1.29 is 13.6 Å². The Labute approximate surface area is 178 Å². The van der Waals surface area contributed by atoms with E-state index in [1.807, 2.05) is 19.1 Å². The van der Waals surface area contributed by atoms with Crippen molar-refractivity contribution in [2.24, 2.45) is 0 Å². The molecule has 0 radical (unpaired) electrons. The number of thioether (sulfide) groups is 1. The average molecular weight is 444 g/mol. The van der Waals surface area contributed by atoms with Crippen molar-refractivity contribution in [1.82, 2.24) is 9.55 Å². The number of halogens is 2. The van der Waals surface area contributed by atoms with Crippen molar-refractivity contribution in [2.45, 2.75) is 12.1 Å². The summed E-state index contributed by atoms with van der Waals surface area (Å²) in [4.78, 5) is 29.8. The van der Waals surface area contributed by atoms with Crippen LogP contribution in [-0.4, -0.2) is 21.2 Å². The first-order valence-electron chi connectivity index (χ1n) is 8.87. The fourth-order valence-corrected chi connectivity index (χ4v) is 4.42. The maximum absolute atomic E-state index is 13.8. The molecule has 0 bridgehead atoms. The number of hydrogen-bond acceptors (Lipinski definition) is 5. The molecule has 0 saturated heterocycles. The average Bonchev–Trinajstić information content (AvgIpc) is 3.16. The van der Waals surface area contributed by atoms with E-state index in [9.17, 15) is 18.4 Å². The largest absolute Gasteiger partial charge is 0.325 e. The molecular formula is C21H15F2N3O2S2. The molecule has 30 heavy (non-hydrogen) atoms. The lowest BCUT2D eigenvalue weighted by atomic mass is 10.2. The summed E-state index contributed by atoms with van der Waals surface area (Å²) in [7, 11) is 0. The minimum absolute atomic E-state index is 0.0155. The van der Waals surface area contributed by atoms with Crippen molar-refractivity contribution in [3.05, 3.63) is 81.5 Å². The number of fused-ring (bicyclic) bond motifs is 1. The number of carbonyl (C=O) groups is 1. The standard InChI is InChI=1S/C21H15F2N3O2S2/c1-12-2-4-15(5-3-12)24-18(27)11-30-21-25-17-6-7-29-19(17)20(28)26(21)16-9-13(22)8-14(23)10-16/h2-10H,11H2,1H3,(H,24,27). The van der Waals surface area contributed by atoms with Gasteiger partial charge < -0.3 is 5.32 Å². The summed E-state index contributed by atoms with van der Waals surface area (Å²) in [5.74, 6) is -1.94. The molecule has 0 aliphatic carbocycles. The topological polar surface area (TPSA) is 64.0 Å². The highest BCUT2D eigenvalue weighted by atomic mass is 32.2. The van der Waals surface area contributed by atoms with E-state index in [0.717, 1.165) is 40.1 Å². The molecule has 1 amide bonds. The molecule has 1 N–H and O–H groups in total. The van der Waals surface area contributed by atoms with Gasteiger partial charge in [0.25, 0.3) is 5.56 Å². The van der Waals surface area contributed by atoms with Crippen LogP contribution in [0.5, 0.6) is 0 Å². The Hall–Kier alpha value is -3.04. The molecule has 5 nitrogen and oxygen atoms in total. The number of benzene rings is 2. The lowest BCUT2D eigenvalue weighted by Crippen LogP contribution is -2.22. The normalized spacial score (nSPS) is 11.0. The van der Waals surface area contributed by atoms with E-state index >= 15 is 0 Å². The maximum Gasteiger partial charge on any atom is 0.276 e. The molecule has 0 fully saturated rings. The zero-order valence-electron chi connectivity index (χ0n) is 15.7. The zero-order chi connectivity index (χ0) is 21.3. The number of nitrogens with zero attached hydrogens (tertiary/aromatic N) is 2. The molecular weight excluding hydrogens is 428 g/mol. The molecule has 2 aromatic carbocycles. The lowest BCUT2D eigenvalue weighted by molar-refractivity contribution is -0.113. The number of amides is 1. The molecule has 0 spiro atoms. The molecule has 0 aliphatic heterocycles. The highest BCUT2D eigenvalue weighted by Crippen LogP contribution is 2.24. The number of aromatic nitrogens is 2. The van der Waals surface area contributed by atoms with Gasteiger partial charge in [0.1, 0.15) is 16.3 Å². The van der Waals surface area contributed by atoms with Gasteiger partial charge in [-0.25, -0.2) is 13.8 Å². The van der Waals surface area contributed by atoms with Gasteiger partial charge in [0, 0.05) is 11.8 Å². The monoisotopic (exact) mass is 443 g/mol. The quantitative estimate of drug-likeness (QED) is 0.357. The molecule has 152 valence electrons. The van der Waals surface area contributed by atoms with Gasteiger partial charge in [0.2, 0.25) is 5.91 Å². The molecule has 0 unspecified atom stereocenters. The summed E-state index contributed by atoms with van der Waals surface area (Å²) in [5.41, 5.74) is 1.77. The lowest BCUT2D eigenvalue weighted by Gasteiger charge is -2.12. The number of nitrogens with one attached hydrogen (secondary N) is 1. The predicted molar refractivity (Wildman–Crippen MR) is 116 cm³/mol. The van der Waals surface area contributed by atoms with Crippen LogP contribution in [0, 0.1) is 18.6 Å². The zero-order valence-corrected chi connectivity index (χ0v) is 17.3. The van der Waals surface area contributed by atoms with E-state index in [2.05, 4.69) is 10.3 Å². The van der Waals surface area contributed by atoms with E-state index in [4.69, 9.17) is 0 Å². The number of thiophene rings is 1.